The number of aliphatic hydroxyl groups excluding tert-OH is 1. The number of halogens is 2. The highest BCUT2D eigenvalue weighted by Crippen LogP contribution is 2.31. The second-order valence-corrected chi connectivity index (χ2v) is 8.01. The number of rotatable bonds is 4. The summed E-state index contributed by atoms with van der Waals surface area (Å²) in [6.45, 7) is 6.69. The summed E-state index contributed by atoms with van der Waals surface area (Å²) >= 11 is 5.73. The molecule has 0 aliphatic heterocycles. The maximum atomic E-state index is 10.6. The van der Waals surface area contributed by atoms with Crippen molar-refractivity contribution in [2.24, 2.45) is 0 Å². The van der Waals surface area contributed by atoms with Crippen molar-refractivity contribution in [1.82, 2.24) is 0 Å². The molecule has 0 bridgehead atoms. The predicted molar refractivity (Wildman–Crippen MR) is 101 cm³/mol. The lowest BCUT2D eigenvalue weighted by atomic mass is 9.82. The van der Waals surface area contributed by atoms with E-state index in [9.17, 15) is 5.11 Å². The molecular formula is C18H20BrIO. The van der Waals surface area contributed by atoms with Crippen LogP contribution in [0, 0.1) is 3.57 Å². The minimum atomic E-state index is -0.590. The maximum absolute atomic E-state index is 10.6. The van der Waals surface area contributed by atoms with Gasteiger partial charge in [0.2, 0.25) is 0 Å². The minimum absolute atomic E-state index is 0.174. The molecule has 0 saturated heterocycles. The van der Waals surface area contributed by atoms with Crippen molar-refractivity contribution >= 4 is 38.5 Å². The lowest BCUT2D eigenvalue weighted by Gasteiger charge is -2.24. The van der Waals surface area contributed by atoms with Gasteiger partial charge < -0.3 is 5.11 Å². The fourth-order valence-electron chi connectivity index (χ4n) is 2.22. The van der Waals surface area contributed by atoms with Gasteiger partial charge in [-0.2, -0.15) is 0 Å². The van der Waals surface area contributed by atoms with Gasteiger partial charge in [0.05, 0.1) is 0 Å². The summed E-state index contributed by atoms with van der Waals surface area (Å²) in [5.74, 6) is 0. The number of aliphatic hydroxyl groups is 1. The zero-order valence-corrected chi connectivity index (χ0v) is 16.3. The summed E-state index contributed by atoms with van der Waals surface area (Å²) < 4.78 is 2.06. The fraction of sp³-hybridized carbons (Fsp3) is 0.333. The lowest BCUT2D eigenvalue weighted by Crippen LogP contribution is -2.15. The Balaban J connectivity index is 2.32. The Labute approximate surface area is 149 Å². The molecule has 0 spiro atoms. The number of hydrogen-bond acceptors (Lipinski definition) is 1. The van der Waals surface area contributed by atoms with Gasteiger partial charge in [0.1, 0.15) is 6.10 Å². The molecule has 0 aliphatic rings. The predicted octanol–water partition coefficient (Wildman–Crippen LogP) is 5.82. The van der Waals surface area contributed by atoms with Crippen LogP contribution in [0.25, 0.3) is 0 Å². The van der Waals surface area contributed by atoms with Crippen LogP contribution in [-0.2, 0) is 5.41 Å². The van der Waals surface area contributed by atoms with Crippen LogP contribution in [0.1, 0.15) is 50.0 Å². The zero-order valence-electron chi connectivity index (χ0n) is 12.5. The summed E-state index contributed by atoms with van der Waals surface area (Å²) in [6, 6.07) is 14.3. The van der Waals surface area contributed by atoms with Crippen molar-refractivity contribution in [3.63, 3.8) is 0 Å². The van der Waals surface area contributed by atoms with E-state index in [4.69, 9.17) is 0 Å². The Morgan fingerprint density at radius 2 is 1.76 bits per heavy atom. The monoisotopic (exact) mass is 458 g/mol. The molecule has 0 radical (unpaired) electrons. The summed E-state index contributed by atoms with van der Waals surface area (Å²) in [4.78, 5) is 0. The smallest absolute Gasteiger partial charge is 0.105 e. The van der Waals surface area contributed by atoms with E-state index in [1.807, 2.05) is 30.3 Å². The third-order valence-electron chi connectivity index (χ3n) is 4.14. The van der Waals surface area contributed by atoms with Gasteiger partial charge in [0, 0.05) is 8.04 Å². The summed E-state index contributed by atoms with van der Waals surface area (Å²) in [7, 11) is 0. The molecule has 0 fully saturated rings. The van der Waals surface area contributed by atoms with E-state index in [-0.39, 0.29) is 5.41 Å². The Kier molecular flexibility index (Phi) is 5.49. The molecule has 0 amide bonds. The Bertz CT molecular complexity index is 620. The van der Waals surface area contributed by atoms with Crippen LogP contribution in [0.4, 0.5) is 0 Å². The Hall–Kier alpha value is -0.390. The second kappa shape index (κ2) is 6.80. The van der Waals surface area contributed by atoms with Crippen LogP contribution in [0.15, 0.2) is 46.9 Å². The maximum Gasteiger partial charge on any atom is 0.105 e. The largest absolute Gasteiger partial charge is 0.384 e. The first-order valence-electron chi connectivity index (χ1n) is 7.08. The average Bonchev–Trinajstić information content (AvgIpc) is 2.49. The summed E-state index contributed by atoms with van der Waals surface area (Å²) in [5.41, 5.74) is 3.35. The van der Waals surface area contributed by atoms with Gasteiger partial charge in [-0.05, 0) is 69.3 Å². The molecule has 2 aromatic rings. The Morgan fingerprint density at radius 3 is 2.33 bits per heavy atom. The molecule has 1 N–H and O–H groups in total. The van der Waals surface area contributed by atoms with E-state index in [2.05, 4.69) is 71.4 Å². The van der Waals surface area contributed by atoms with Gasteiger partial charge in [-0.1, -0.05) is 61.0 Å². The molecule has 3 heteroatoms. The van der Waals surface area contributed by atoms with Crippen LogP contribution in [0.3, 0.4) is 0 Å². The second-order valence-electron chi connectivity index (χ2n) is 5.93. The van der Waals surface area contributed by atoms with Crippen molar-refractivity contribution in [1.29, 1.82) is 0 Å². The van der Waals surface area contributed by atoms with E-state index >= 15 is 0 Å². The zero-order chi connectivity index (χ0) is 15.6. The van der Waals surface area contributed by atoms with Crippen LogP contribution in [0.2, 0.25) is 0 Å². The molecule has 112 valence electrons. The van der Waals surface area contributed by atoms with Gasteiger partial charge in [-0.3, -0.25) is 0 Å². The van der Waals surface area contributed by atoms with Gasteiger partial charge in [-0.25, -0.2) is 0 Å². The molecule has 0 aromatic heterocycles. The first-order valence-corrected chi connectivity index (χ1v) is 8.96. The first-order chi connectivity index (χ1) is 9.85. The number of hydrogen-bond donors (Lipinski definition) is 1. The van der Waals surface area contributed by atoms with E-state index in [1.165, 1.54) is 5.56 Å². The fourth-order valence-corrected chi connectivity index (χ4v) is 3.23. The molecular weight excluding hydrogens is 439 g/mol. The van der Waals surface area contributed by atoms with Crippen molar-refractivity contribution in [3.05, 3.63) is 67.2 Å². The minimum Gasteiger partial charge on any atom is -0.384 e. The Morgan fingerprint density at radius 1 is 1.14 bits per heavy atom. The molecule has 0 saturated carbocycles. The van der Waals surface area contributed by atoms with E-state index in [0.717, 1.165) is 25.6 Å². The van der Waals surface area contributed by atoms with Crippen molar-refractivity contribution in [2.45, 2.75) is 38.7 Å². The molecule has 2 aromatic carbocycles. The van der Waals surface area contributed by atoms with Crippen molar-refractivity contribution in [3.8, 4) is 0 Å². The average molecular weight is 459 g/mol. The molecule has 2 rings (SSSR count). The van der Waals surface area contributed by atoms with Crippen LogP contribution in [-0.4, -0.2) is 5.11 Å². The van der Waals surface area contributed by atoms with Gasteiger partial charge in [-0.15, -0.1) is 0 Å². The topological polar surface area (TPSA) is 20.2 Å². The highest BCUT2D eigenvalue weighted by molar-refractivity contribution is 14.1. The van der Waals surface area contributed by atoms with E-state index in [0.29, 0.717) is 0 Å². The molecule has 1 nitrogen and oxygen atoms in total. The lowest BCUT2D eigenvalue weighted by molar-refractivity contribution is 0.219. The highest BCUT2D eigenvalue weighted by Gasteiger charge is 2.19. The van der Waals surface area contributed by atoms with Crippen LogP contribution >= 0.6 is 38.5 Å². The third kappa shape index (κ3) is 3.88. The van der Waals surface area contributed by atoms with Crippen LogP contribution < -0.4 is 0 Å². The van der Waals surface area contributed by atoms with Crippen LogP contribution in [0.5, 0.6) is 0 Å². The quantitative estimate of drug-likeness (QED) is 0.572. The summed E-state index contributed by atoms with van der Waals surface area (Å²) in [5, 5.41) is 10.6. The van der Waals surface area contributed by atoms with Gasteiger partial charge >= 0.3 is 0 Å². The highest BCUT2D eigenvalue weighted by atomic mass is 127. The number of benzene rings is 2. The standard InChI is InChI=1S/C18H20BrIO/c1-4-18(2,3)13-7-5-12(6-8-13)17(21)15-11-14(19)9-10-16(15)20/h5-11,17,21H,4H2,1-3H3. The van der Waals surface area contributed by atoms with Crippen molar-refractivity contribution < 1.29 is 5.11 Å². The third-order valence-corrected chi connectivity index (χ3v) is 5.62. The normalized spacial score (nSPS) is 13.2. The SMILES string of the molecule is CCC(C)(C)c1ccc(C(O)c2cc(Br)ccc2I)cc1. The van der Waals surface area contributed by atoms with E-state index < -0.39 is 6.10 Å². The van der Waals surface area contributed by atoms with Gasteiger partial charge in [0.15, 0.2) is 0 Å². The first kappa shape index (κ1) is 17.0. The molecule has 0 aliphatic carbocycles. The van der Waals surface area contributed by atoms with Crippen molar-refractivity contribution in [2.75, 3.05) is 0 Å². The summed E-state index contributed by atoms with van der Waals surface area (Å²) in [6.07, 6.45) is 0.506. The van der Waals surface area contributed by atoms with E-state index in [1.54, 1.807) is 0 Å². The molecule has 0 heterocycles. The van der Waals surface area contributed by atoms with Gasteiger partial charge in [0.25, 0.3) is 0 Å². The molecule has 1 unspecified atom stereocenters. The molecule has 21 heavy (non-hydrogen) atoms. The molecule has 1 atom stereocenters.